The van der Waals surface area contributed by atoms with Crippen molar-refractivity contribution >= 4 is 0 Å². The van der Waals surface area contributed by atoms with Crippen molar-refractivity contribution in [1.29, 1.82) is 0 Å². The summed E-state index contributed by atoms with van der Waals surface area (Å²) in [5, 5.41) is 23.0. The highest BCUT2D eigenvalue weighted by Crippen LogP contribution is 2.33. The minimum atomic E-state index is 0.0972. The van der Waals surface area contributed by atoms with Crippen molar-refractivity contribution in [2.45, 2.75) is 58.5 Å². The summed E-state index contributed by atoms with van der Waals surface area (Å²) in [5.74, 6) is 1.68. The number of phenols is 2. The van der Waals surface area contributed by atoms with Crippen molar-refractivity contribution in [2.24, 2.45) is 11.8 Å². The van der Waals surface area contributed by atoms with E-state index in [0.29, 0.717) is 17.9 Å². The maximum atomic E-state index is 9.97. The van der Waals surface area contributed by atoms with E-state index in [9.17, 15) is 10.2 Å². The molecule has 3 N–H and O–H groups in total. The van der Waals surface area contributed by atoms with Gasteiger partial charge in [0.1, 0.15) is 11.5 Å². The van der Waals surface area contributed by atoms with Crippen LogP contribution in [-0.4, -0.2) is 16.3 Å². The molecule has 0 radical (unpaired) electrons. The maximum Gasteiger partial charge on any atom is 0.124 e. The second-order valence-corrected chi connectivity index (χ2v) is 6.43. The molecular weight excluding hydrogens is 250 g/mol. The summed E-state index contributed by atoms with van der Waals surface area (Å²) in [5.41, 5.74) is 0.857. The van der Waals surface area contributed by atoms with Crippen molar-refractivity contribution in [2.75, 3.05) is 0 Å². The molecule has 3 heteroatoms. The molecule has 0 aliphatic heterocycles. The van der Waals surface area contributed by atoms with Crippen molar-refractivity contribution in [1.82, 2.24) is 5.32 Å². The molecule has 1 aromatic rings. The average Bonchev–Trinajstić information content (AvgIpc) is 2.38. The highest BCUT2D eigenvalue weighted by atomic mass is 16.3. The van der Waals surface area contributed by atoms with Crippen molar-refractivity contribution < 1.29 is 10.2 Å². The predicted octanol–water partition coefficient (Wildman–Crippen LogP) is 3.96. The highest BCUT2D eigenvalue weighted by Gasteiger charge is 2.28. The fourth-order valence-electron chi connectivity index (χ4n) is 3.47. The molecule has 3 atom stereocenters. The van der Waals surface area contributed by atoms with Crippen LogP contribution in [0.15, 0.2) is 18.2 Å². The summed E-state index contributed by atoms with van der Waals surface area (Å²) < 4.78 is 0. The first-order chi connectivity index (χ1) is 9.49. The molecule has 2 rings (SSSR count). The first-order valence-corrected chi connectivity index (χ1v) is 7.77. The molecule has 1 fully saturated rings. The second-order valence-electron chi connectivity index (χ2n) is 6.43. The van der Waals surface area contributed by atoms with Crippen LogP contribution in [0.2, 0.25) is 0 Å². The molecule has 3 unspecified atom stereocenters. The van der Waals surface area contributed by atoms with Gasteiger partial charge in [-0.3, -0.25) is 0 Å². The van der Waals surface area contributed by atoms with Crippen molar-refractivity contribution in [3.63, 3.8) is 0 Å². The van der Waals surface area contributed by atoms with Gasteiger partial charge in [-0.15, -0.1) is 0 Å². The number of hydrogen-bond acceptors (Lipinski definition) is 3. The largest absolute Gasteiger partial charge is 0.508 e. The fraction of sp³-hybridized carbons (Fsp3) is 0.647. The first kappa shape index (κ1) is 15.2. The zero-order valence-electron chi connectivity index (χ0n) is 12.8. The maximum absolute atomic E-state index is 9.97. The topological polar surface area (TPSA) is 52.5 Å². The summed E-state index contributed by atoms with van der Waals surface area (Å²) in [4.78, 5) is 0. The summed E-state index contributed by atoms with van der Waals surface area (Å²) in [7, 11) is 0. The van der Waals surface area contributed by atoms with E-state index in [1.807, 2.05) is 0 Å². The lowest BCUT2D eigenvalue weighted by atomic mass is 9.77. The Morgan fingerprint density at radius 2 is 1.80 bits per heavy atom. The van der Waals surface area contributed by atoms with Gasteiger partial charge in [0, 0.05) is 23.7 Å². The summed E-state index contributed by atoms with van der Waals surface area (Å²) in [6, 6.07) is 5.46. The van der Waals surface area contributed by atoms with Gasteiger partial charge in [0.05, 0.1) is 0 Å². The standard InChI is InChI=1S/C17H27NO2/c1-11(2)14-6-4-5-7-16(14)18-12(3)15-9-8-13(19)10-17(15)20/h8-12,14,16,18-20H,4-7H2,1-3H3. The van der Waals surface area contributed by atoms with Gasteiger partial charge in [0.25, 0.3) is 0 Å². The number of nitrogens with one attached hydrogen (secondary N) is 1. The van der Waals surface area contributed by atoms with Crippen LogP contribution in [-0.2, 0) is 0 Å². The van der Waals surface area contributed by atoms with Gasteiger partial charge < -0.3 is 15.5 Å². The quantitative estimate of drug-likeness (QED) is 0.780. The number of aromatic hydroxyl groups is 2. The second kappa shape index (κ2) is 6.49. The predicted molar refractivity (Wildman–Crippen MR) is 81.9 cm³/mol. The fourth-order valence-corrected chi connectivity index (χ4v) is 3.47. The van der Waals surface area contributed by atoms with E-state index in [1.54, 1.807) is 12.1 Å². The molecule has 1 saturated carbocycles. The third-order valence-corrected chi connectivity index (χ3v) is 4.62. The third kappa shape index (κ3) is 3.45. The van der Waals surface area contributed by atoms with Crippen LogP contribution in [0.1, 0.15) is 58.1 Å². The Bertz CT molecular complexity index is 445. The molecule has 3 nitrogen and oxygen atoms in total. The molecular formula is C17H27NO2. The van der Waals surface area contributed by atoms with E-state index in [2.05, 4.69) is 26.1 Å². The molecule has 0 bridgehead atoms. The SMILES string of the molecule is CC(NC1CCCCC1C(C)C)c1ccc(O)cc1O. The monoisotopic (exact) mass is 277 g/mol. The van der Waals surface area contributed by atoms with Crippen LogP contribution in [0.25, 0.3) is 0 Å². The minimum Gasteiger partial charge on any atom is -0.508 e. The molecule has 0 saturated heterocycles. The summed E-state index contributed by atoms with van der Waals surface area (Å²) >= 11 is 0. The third-order valence-electron chi connectivity index (χ3n) is 4.62. The molecule has 1 aliphatic carbocycles. The molecule has 0 spiro atoms. The lowest BCUT2D eigenvalue weighted by Gasteiger charge is -2.37. The van der Waals surface area contributed by atoms with Crippen molar-refractivity contribution in [3.8, 4) is 11.5 Å². The molecule has 1 aliphatic rings. The molecule has 1 aromatic carbocycles. The number of phenolic OH excluding ortho intramolecular Hbond substituents is 2. The first-order valence-electron chi connectivity index (χ1n) is 7.77. The molecule has 0 aromatic heterocycles. The summed E-state index contributed by atoms with van der Waals surface area (Å²) in [6.45, 7) is 6.68. The smallest absolute Gasteiger partial charge is 0.124 e. The Labute approximate surface area is 122 Å². The number of rotatable bonds is 4. The summed E-state index contributed by atoms with van der Waals surface area (Å²) in [6.07, 6.45) is 5.13. The zero-order chi connectivity index (χ0) is 14.7. The van der Waals surface area contributed by atoms with E-state index in [4.69, 9.17) is 0 Å². The van der Waals surface area contributed by atoms with Crippen molar-refractivity contribution in [3.05, 3.63) is 23.8 Å². The Morgan fingerprint density at radius 3 is 2.45 bits per heavy atom. The van der Waals surface area contributed by atoms with E-state index in [-0.39, 0.29) is 17.5 Å². The van der Waals surface area contributed by atoms with Gasteiger partial charge in [0.15, 0.2) is 0 Å². The lowest BCUT2D eigenvalue weighted by molar-refractivity contribution is 0.194. The number of hydrogen-bond donors (Lipinski definition) is 3. The van der Waals surface area contributed by atoms with Crippen LogP contribution in [0, 0.1) is 11.8 Å². The van der Waals surface area contributed by atoms with Crippen LogP contribution in [0.3, 0.4) is 0 Å². The Morgan fingerprint density at radius 1 is 1.10 bits per heavy atom. The van der Waals surface area contributed by atoms with E-state index in [0.717, 1.165) is 5.56 Å². The van der Waals surface area contributed by atoms with E-state index >= 15 is 0 Å². The molecule has 20 heavy (non-hydrogen) atoms. The van der Waals surface area contributed by atoms with E-state index < -0.39 is 0 Å². The van der Waals surface area contributed by atoms with Gasteiger partial charge in [-0.2, -0.15) is 0 Å². The molecule has 0 heterocycles. The zero-order valence-corrected chi connectivity index (χ0v) is 12.8. The minimum absolute atomic E-state index is 0.0972. The van der Waals surface area contributed by atoms with Gasteiger partial charge in [0.2, 0.25) is 0 Å². The Balaban J connectivity index is 2.07. The average molecular weight is 277 g/mol. The number of benzene rings is 1. The van der Waals surface area contributed by atoms with E-state index in [1.165, 1.54) is 31.7 Å². The van der Waals surface area contributed by atoms with Crippen LogP contribution in [0.4, 0.5) is 0 Å². The Hall–Kier alpha value is -1.22. The molecule has 0 amide bonds. The lowest BCUT2D eigenvalue weighted by Crippen LogP contribution is -2.42. The van der Waals surface area contributed by atoms with Gasteiger partial charge in [-0.1, -0.05) is 32.8 Å². The highest BCUT2D eigenvalue weighted by molar-refractivity contribution is 5.40. The Kier molecular flexibility index (Phi) is 4.92. The van der Waals surface area contributed by atoms with Crippen LogP contribution in [0.5, 0.6) is 11.5 Å². The van der Waals surface area contributed by atoms with Gasteiger partial charge >= 0.3 is 0 Å². The van der Waals surface area contributed by atoms with Crippen LogP contribution >= 0.6 is 0 Å². The van der Waals surface area contributed by atoms with Gasteiger partial charge in [-0.05, 0) is 37.7 Å². The van der Waals surface area contributed by atoms with Crippen LogP contribution < -0.4 is 5.32 Å². The normalized spacial score (nSPS) is 24.8. The molecule has 112 valence electrons. The van der Waals surface area contributed by atoms with Gasteiger partial charge in [-0.25, -0.2) is 0 Å².